The number of alkyl halides is 5. The van der Waals surface area contributed by atoms with E-state index in [4.69, 9.17) is 10.5 Å². The van der Waals surface area contributed by atoms with Gasteiger partial charge in [-0.3, -0.25) is 9.69 Å². The van der Waals surface area contributed by atoms with Crippen molar-refractivity contribution in [2.75, 3.05) is 39.3 Å². The number of ether oxygens (including phenoxy) is 2. The zero-order valence-electron chi connectivity index (χ0n) is 28.6. The van der Waals surface area contributed by atoms with Crippen molar-refractivity contribution in [1.29, 1.82) is 0 Å². The number of hydrogen-bond acceptors (Lipinski definition) is 7. The van der Waals surface area contributed by atoms with Crippen molar-refractivity contribution in [1.82, 2.24) is 14.1 Å². The molecule has 2 heterocycles. The molecule has 2 aliphatic heterocycles. The molecule has 0 aromatic heterocycles. The second-order valence-electron chi connectivity index (χ2n) is 13.8. The Morgan fingerprint density at radius 1 is 0.827 bits per heavy atom. The summed E-state index contributed by atoms with van der Waals surface area (Å²) in [5, 5.41) is 0. The summed E-state index contributed by atoms with van der Waals surface area (Å²) in [6.07, 6.45) is 0.896. The number of nitrogens with zero attached hydrogens (tertiary/aromatic N) is 3. The molecule has 3 aromatic rings. The van der Waals surface area contributed by atoms with Crippen LogP contribution in [0.1, 0.15) is 44.1 Å². The summed E-state index contributed by atoms with van der Waals surface area (Å²) < 4.78 is 106. The van der Waals surface area contributed by atoms with Crippen LogP contribution >= 0.6 is 0 Å². The molecule has 3 aliphatic rings. The Kier molecular flexibility index (Phi) is 11.4. The van der Waals surface area contributed by atoms with E-state index in [1.807, 2.05) is 17.0 Å². The molecule has 1 amide bonds. The van der Waals surface area contributed by atoms with Crippen molar-refractivity contribution in [3.05, 3.63) is 78.4 Å². The minimum Gasteiger partial charge on any atom is -0.493 e. The monoisotopic (exact) mass is 750 g/mol. The summed E-state index contributed by atoms with van der Waals surface area (Å²) in [6.45, 7) is 0.182. The molecule has 3 fully saturated rings. The lowest BCUT2D eigenvalue weighted by Crippen LogP contribution is -2.64. The van der Waals surface area contributed by atoms with Gasteiger partial charge in [-0.25, -0.2) is 17.2 Å². The summed E-state index contributed by atoms with van der Waals surface area (Å²) in [7, 11) is -4.21. The zero-order valence-corrected chi connectivity index (χ0v) is 29.4. The Labute approximate surface area is 300 Å². The van der Waals surface area contributed by atoms with Gasteiger partial charge in [0.2, 0.25) is 15.9 Å². The summed E-state index contributed by atoms with van der Waals surface area (Å²) in [6, 6.07) is 16.2. The van der Waals surface area contributed by atoms with Crippen molar-refractivity contribution >= 4 is 15.9 Å². The Bertz CT molecular complexity index is 1770. The molecule has 15 heteroatoms. The predicted octanol–water partition coefficient (Wildman–Crippen LogP) is 6.28. The Morgan fingerprint density at radius 3 is 2.06 bits per heavy atom. The smallest absolute Gasteiger partial charge is 0.493 e. The summed E-state index contributed by atoms with van der Waals surface area (Å²) in [4.78, 5) is 16.9. The molecule has 3 aromatic carbocycles. The molecule has 6 rings (SSSR count). The molecule has 2 atom stereocenters. The van der Waals surface area contributed by atoms with Gasteiger partial charge in [-0.15, -0.1) is 13.2 Å². The van der Waals surface area contributed by atoms with Gasteiger partial charge < -0.3 is 20.1 Å². The molecule has 2 saturated heterocycles. The average molecular weight is 751 g/mol. The number of rotatable bonds is 10. The molecule has 0 spiro atoms. The lowest BCUT2D eigenvalue weighted by molar-refractivity contribution is -0.274. The number of piperidine rings is 1. The minimum absolute atomic E-state index is 0.0161. The molecular formula is C37H43F5N4O5S. The van der Waals surface area contributed by atoms with E-state index in [-0.39, 0.29) is 43.2 Å². The highest BCUT2D eigenvalue weighted by molar-refractivity contribution is 7.89. The number of piperazine rings is 1. The summed E-state index contributed by atoms with van der Waals surface area (Å²) in [5.41, 5.74) is 7.89. The van der Waals surface area contributed by atoms with Gasteiger partial charge in [0.05, 0.1) is 24.1 Å². The van der Waals surface area contributed by atoms with Crippen LogP contribution in [0.4, 0.5) is 22.0 Å². The van der Waals surface area contributed by atoms with Crippen molar-refractivity contribution in [3.8, 4) is 22.6 Å². The number of halogens is 5. The number of amides is 1. The topological polar surface area (TPSA) is 105 Å². The molecule has 9 nitrogen and oxygen atoms in total. The Morgan fingerprint density at radius 2 is 1.44 bits per heavy atom. The lowest BCUT2D eigenvalue weighted by atomic mass is 9.90. The van der Waals surface area contributed by atoms with Crippen LogP contribution in [0.2, 0.25) is 0 Å². The highest BCUT2D eigenvalue weighted by atomic mass is 32.2. The largest absolute Gasteiger partial charge is 0.573 e. The van der Waals surface area contributed by atoms with Crippen LogP contribution in [0.25, 0.3) is 11.1 Å². The lowest BCUT2D eigenvalue weighted by Gasteiger charge is -2.43. The van der Waals surface area contributed by atoms with Crippen molar-refractivity contribution in [3.63, 3.8) is 0 Å². The molecule has 282 valence electrons. The second-order valence-corrected chi connectivity index (χ2v) is 15.7. The van der Waals surface area contributed by atoms with Crippen molar-refractivity contribution in [2.24, 2.45) is 11.7 Å². The summed E-state index contributed by atoms with van der Waals surface area (Å²) in [5.74, 6) is -3.33. The molecule has 52 heavy (non-hydrogen) atoms. The van der Waals surface area contributed by atoms with Crippen LogP contribution in [0.15, 0.2) is 77.7 Å². The average Bonchev–Trinajstić information content (AvgIpc) is 3.12. The second kappa shape index (κ2) is 15.7. The first kappa shape index (κ1) is 38.0. The summed E-state index contributed by atoms with van der Waals surface area (Å²) >= 11 is 0. The maximum absolute atomic E-state index is 14.7. The fourth-order valence-electron chi connectivity index (χ4n) is 7.13. The molecule has 1 aliphatic carbocycles. The quantitative estimate of drug-likeness (QED) is 0.243. The number of benzene rings is 3. The molecule has 0 bridgehead atoms. The normalized spacial score (nSPS) is 22.2. The number of carbonyl (C=O) groups is 1. The number of nitrogens with two attached hydrogens (primary N) is 1. The highest BCUT2D eigenvalue weighted by Crippen LogP contribution is 2.31. The Balaban J connectivity index is 1.16. The van der Waals surface area contributed by atoms with Crippen molar-refractivity contribution in [2.45, 2.75) is 74.3 Å². The number of sulfonamides is 1. The Hall–Kier alpha value is -3.79. The van der Waals surface area contributed by atoms with Crippen LogP contribution in [0.3, 0.4) is 0 Å². The third-order valence-electron chi connectivity index (χ3n) is 10.1. The molecule has 2 N–H and O–H groups in total. The van der Waals surface area contributed by atoms with Gasteiger partial charge in [-0.05, 0) is 78.3 Å². The fourth-order valence-corrected chi connectivity index (χ4v) is 8.70. The first-order chi connectivity index (χ1) is 24.7. The first-order valence-corrected chi connectivity index (χ1v) is 19.0. The molecule has 0 radical (unpaired) electrons. The molecular weight excluding hydrogens is 707 g/mol. The van der Waals surface area contributed by atoms with Crippen LogP contribution in [0.5, 0.6) is 11.5 Å². The van der Waals surface area contributed by atoms with Crippen LogP contribution in [-0.4, -0.2) is 92.1 Å². The van der Waals surface area contributed by atoms with Gasteiger partial charge in [-0.1, -0.05) is 55.7 Å². The van der Waals surface area contributed by atoms with E-state index in [0.717, 1.165) is 33.2 Å². The first-order valence-electron chi connectivity index (χ1n) is 17.5. The van der Waals surface area contributed by atoms with E-state index in [9.17, 15) is 35.2 Å². The fraction of sp³-hybridized carbons (Fsp3) is 0.486. The van der Waals surface area contributed by atoms with Crippen LogP contribution < -0.4 is 15.2 Å². The number of carbonyl (C=O) groups excluding carboxylic acids is 1. The highest BCUT2D eigenvalue weighted by Gasteiger charge is 2.48. The van der Waals surface area contributed by atoms with E-state index in [1.165, 1.54) is 55.7 Å². The third-order valence-corrected chi connectivity index (χ3v) is 12.0. The SMILES string of the molecule is N[C@H]1CCN(C(=O)[C@@H]2CN(Cc3ccc(-c4ccc(OC(F)(F)F)cc4)cc3)CCN2S(=O)(=O)c2ccc(OCC3CCCCC3)cc2)CC1(F)F. The van der Waals surface area contributed by atoms with E-state index >= 15 is 0 Å². The molecule has 1 saturated carbocycles. The van der Waals surface area contributed by atoms with Crippen molar-refractivity contribution < 1.29 is 44.6 Å². The zero-order chi connectivity index (χ0) is 37.1. The van der Waals surface area contributed by atoms with Gasteiger partial charge in [0.15, 0.2) is 0 Å². The van der Waals surface area contributed by atoms with E-state index in [1.54, 1.807) is 24.3 Å². The van der Waals surface area contributed by atoms with Crippen LogP contribution in [0, 0.1) is 5.92 Å². The number of likely N-dealkylation sites (tertiary alicyclic amines) is 1. The van der Waals surface area contributed by atoms with Gasteiger partial charge >= 0.3 is 6.36 Å². The van der Waals surface area contributed by atoms with E-state index in [0.29, 0.717) is 30.4 Å². The molecule has 0 unspecified atom stereocenters. The standard InChI is InChI=1S/C37H43F5N4O5S/c38-36(39)25-45(19-18-34(36)43)35(47)33-23-44(22-26-6-8-28(9-7-26)29-10-12-31(13-11-29)51-37(40,41)42)20-21-46(33)52(48,49)32-16-14-30(15-17-32)50-24-27-4-2-1-3-5-27/h6-17,27,33-34H,1-5,18-25,43H2/t33-,34-/m0/s1. The van der Waals surface area contributed by atoms with E-state index < -0.39 is 46.8 Å². The van der Waals surface area contributed by atoms with Gasteiger partial charge in [0.1, 0.15) is 17.5 Å². The van der Waals surface area contributed by atoms with Gasteiger partial charge in [0.25, 0.3) is 5.92 Å². The van der Waals surface area contributed by atoms with Gasteiger partial charge in [0, 0.05) is 32.7 Å². The maximum Gasteiger partial charge on any atom is 0.573 e. The third kappa shape index (κ3) is 9.22. The van der Waals surface area contributed by atoms with E-state index in [2.05, 4.69) is 4.74 Å². The number of hydrogen-bond donors (Lipinski definition) is 1. The minimum atomic E-state index is -4.79. The predicted molar refractivity (Wildman–Crippen MR) is 184 cm³/mol. The van der Waals surface area contributed by atoms with Crippen LogP contribution in [-0.2, 0) is 21.4 Å². The maximum atomic E-state index is 14.7. The van der Waals surface area contributed by atoms with Gasteiger partial charge in [-0.2, -0.15) is 4.31 Å².